The fourth-order valence-corrected chi connectivity index (χ4v) is 4.41. The van der Waals surface area contributed by atoms with Crippen LogP contribution in [0.5, 0.6) is 0 Å². The molecule has 1 aliphatic heterocycles. The normalized spacial score (nSPS) is 19.8. The Labute approximate surface area is 195 Å². The third kappa shape index (κ3) is 5.65. The Hall–Kier alpha value is -1.84. The summed E-state index contributed by atoms with van der Waals surface area (Å²) in [6.07, 6.45) is 10.4. The Morgan fingerprint density at radius 2 is 2.10 bits per heavy atom. The van der Waals surface area contributed by atoms with E-state index in [0.717, 1.165) is 62.6 Å². The van der Waals surface area contributed by atoms with Gasteiger partial charge in [-0.25, -0.2) is 4.98 Å². The number of hydrogen-bond donors (Lipinski definition) is 2. The minimum Gasteiger partial charge on any atom is -0.357 e. The summed E-state index contributed by atoms with van der Waals surface area (Å²) in [6, 6.07) is 6.29. The van der Waals surface area contributed by atoms with Crippen LogP contribution in [0.25, 0.3) is 5.65 Å². The highest BCUT2D eigenvalue weighted by Crippen LogP contribution is 2.27. The van der Waals surface area contributed by atoms with Crippen LogP contribution >= 0.6 is 24.0 Å². The molecule has 4 rings (SSSR count). The van der Waals surface area contributed by atoms with Gasteiger partial charge in [-0.1, -0.05) is 18.9 Å². The van der Waals surface area contributed by atoms with E-state index in [4.69, 9.17) is 4.99 Å². The van der Waals surface area contributed by atoms with E-state index in [1.165, 1.54) is 12.8 Å². The van der Waals surface area contributed by atoms with E-state index < -0.39 is 0 Å². The molecule has 0 radical (unpaired) electrons. The number of carbonyl (C=O) groups excluding carboxylic acids is 1. The topological polar surface area (TPSA) is 74.0 Å². The zero-order valence-corrected chi connectivity index (χ0v) is 20.0. The van der Waals surface area contributed by atoms with Crippen LogP contribution in [0, 0.1) is 5.92 Å². The number of amides is 1. The maximum Gasteiger partial charge on any atom is 0.225 e. The van der Waals surface area contributed by atoms with E-state index >= 15 is 0 Å². The molecule has 3 heterocycles. The smallest absolute Gasteiger partial charge is 0.225 e. The number of likely N-dealkylation sites (tertiary alicyclic amines) is 1. The third-order valence-electron chi connectivity index (χ3n) is 5.94. The summed E-state index contributed by atoms with van der Waals surface area (Å²) in [5, 5.41) is 6.86. The van der Waals surface area contributed by atoms with Gasteiger partial charge in [0.05, 0.1) is 5.69 Å². The van der Waals surface area contributed by atoms with Crippen LogP contribution in [0.3, 0.4) is 0 Å². The number of nitrogens with one attached hydrogen (secondary N) is 2. The van der Waals surface area contributed by atoms with E-state index in [9.17, 15) is 4.79 Å². The summed E-state index contributed by atoms with van der Waals surface area (Å²) in [6.45, 7) is 5.21. The fourth-order valence-electron chi connectivity index (χ4n) is 4.41. The fraction of sp³-hybridized carbons (Fsp3) is 0.591. The van der Waals surface area contributed by atoms with Gasteiger partial charge in [0.15, 0.2) is 5.96 Å². The Bertz CT molecular complexity index is 827. The SMILES string of the molecule is CCNC(=NCCc1cn2ccccc2n1)NC1CCN(C(=O)C2CCCC2)C1.I. The molecule has 2 aromatic heterocycles. The standard InChI is InChI=1S/C22H32N6O.HI/c1-2-23-22(24-12-10-18-15-27-13-6-5-9-20(27)25-18)26-19-11-14-28(16-19)21(29)17-7-3-4-8-17;/h5-6,9,13,15,17,19H,2-4,7-8,10-12,14,16H2,1H3,(H2,23,24,26);1H. The van der Waals surface area contributed by atoms with Gasteiger partial charge in [-0.2, -0.15) is 0 Å². The number of hydrogen-bond acceptors (Lipinski definition) is 3. The number of pyridine rings is 1. The molecule has 0 spiro atoms. The first kappa shape index (κ1) is 22.8. The van der Waals surface area contributed by atoms with E-state index in [1.807, 2.05) is 33.7 Å². The Morgan fingerprint density at radius 3 is 2.87 bits per heavy atom. The van der Waals surface area contributed by atoms with Gasteiger partial charge in [-0.3, -0.25) is 9.79 Å². The van der Waals surface area contributed by atoms with Gasteiger partial charge in [0.2, 0.25) is 5.91 Å². The van der Waals surface area contributed by atoms with Gasteiger partial charge in [0.25, 0.3) is 0 Å². The number of aromatic nitrogens is 2. The van der Waals surface area contributed by atoms with Crippen molar-refractivity contribution in [2.24, 2.45) is 10.9 Å². The molecule has 1 aliphatic carbocycles. The van der Waals surface area contributed by atoms with Gasteiger partial charge in [0.1, 0.15) is 5.65 Å². The van der Waals surface area contributed by atoms with Crippen LogP contribution in [0.15, 0.2) is 35.6 Å². The number of carbonyl (C=O) groups is 1. The van der Waals surface area contributed by atoms with Crippen molar-refractivity contribution < 1.29 is 4.79 Å². The van der Waals surface area contributed by atoms with Gasteiger partial charge < -0.3 is 19.9 Å². The minimum absolute atomic E-state index is 0. The quantitative estimate of drug-likeness (QED) is 0.347. The maximum absolute atomic E-state index is 12.7. The molecule has 2 aliphatic rings. The highest BCUT2D eigenvalue weighted by Gasteiger charge is 2.32. The van der Waals surface area contributed by atoms with Crippen LogP contribution < -0.4 is 10.6 Å². The van der Waals surface area contributed by atoms with Crippen molar-refractivity contribution in [3.8, 4) is 0 Å². The zero-order valence-electron chi connectivity index (χ0n) is 17.7. The average Bonchev–Trinajstić information content (AvgIpc) is 3.48. The van der Waals surface area contributed by atoms with Gasteiger partial charge in [0, 0.05) is 57.0 Å². The molecule has 0 bridgehead atoms. The van der Waals surface area contributed by atoms with E-state index in [2.05, 4.69) is 28.7 Å². The van der Waals surface area contributed by atoms with Crippen molar-refractivity contribution in [1.82, 2.24) is 24.9 Å². The first-order valence-electron chi connectivity index (χ1n) is 11.0. The summed E-state index contributed by atoms with van der Waals surface area (Å²) in [7, 11) is 0. The van der Waals surface area contributed by atoms with Crippen molar-refractivity contribution in [1.29, 1.82) is 0 Å². The van der Waals surface area contributed by atoms with Crippen LogP contribution in [-0.2, 0) is 11.2 Å². The molecular formula is C22H33IN6O. The zero-order chi connectivity index (χ0) is 20.1. The summed E-state index contributed by atoms with van der Waals surface area (Å²) < 4.78 is 2.04. The molecule has 164 valence electrons. The number of aliphatic imine (C=N–C) groups is 1. The van der Waals surface area contributed by atoms with Crippen LogP contribution in [-0.4, -0.2) is 58.4 Å². The lowest BCUT2D eigenvalue weighted by atomic mass is 10.1. The van der Waals surface area contributed by atoms with Crippen LogP contribution in [0.4, 0.5) is 0 Å². The number of guanidine groups is 1. The monoisotopic (exact) mass is 524 g/mol. The van der Waals surface area contributed by atoms with Crippen molar-refractivity contribution >= 4 is 41.5 Å². The highest BCUT2D eigenvalue weighted by atomic mass is 127. The molecule has 1 saturated heterocycles. The number of halogens is 1. The van der Waals surface area contributed by atoms with E-state index in [1.54, 1.807) is 0 Å². The Balaban J connectivity index is 0.00000256. The molecule has 2 aromatic rings. The molecule has 0 aromatic carbocycles. The van der Waals surface area contributed by atoms with Crippen molar-refractivity contribution in [3.05, 3.63) is 36.3 Å². The lowest BCUT2D eigenvalue weighted by Crippen LogP contribution is -2.45. The first-order valence-corrected chi connectivity index (χ1v) is 11.0. The number of nitrogens with zero attached hydrogens (tertiary/aromatic N) is 4. The number of fused-ring (bicyclic) bond motifs is 1. The minimum atomic E-state index is 0. The predicted molar refractivity (Wildman–Crippen MR) is 130 cm³/mol. The number of imidazole rings is 1. The highest BCUT2D eigenvalue weighted by molar-refractivity contribution is 14.0. The first-order chi connectivity index (χ1) is 14.2. The number of rotatable bonds is 6. The van der Waals surface area contributed by atoms with E-state index in [-0.39, 0.29) is 35.9 Å². The molecule has 1 amide bonds. The van der Waals surface area contributed by atoms with Crippen LogP contribution in [0.1, 0.15) is 44.7 Å². The second-order valence-corrected chi connectivity index (χ2v) is 8.10. The summed E-state index contributed by atoms with van der Waals surface area (Å²) >= 11 is 0. The lowest BCUT2D eigenvalue weighted by molar-refractivity contribution is -0.134. The summed E-state index contributed by atoms with van der Waals surface area (Å²) in [4.78, 5) is 24.1. The summed E-state index contributed by atoms with van der Waals surface area (Å²) in [5.74, 6) is 1.46. The van der Waals surface area contributed by atoms with Gasteiger partial charge in [-0.15, -0.1) is 24.0 Å². The molecule has 1 saturated carbocycles. The molecule has 30 heavy (non-hydrogen) atoms. The van der Waals surface area contributed by atoms with Crippen molar-refractivity contribution in [2.75, 3.05) is 26.2 Å². The molecule has 2 N–H and O–H groups in total. The second-order valence-electron chi connectivity index (χ2n) is 8.10. The van der Waals surface area contributed by atoms with Crippen LogP contribution in [0.2, 0.25) is 0 Å². The Morgan fingerprint density at radius 1 is 1.27 bits per heavy atom. The molecule has 1 atom stereocenters. The van der Waals surface area contributed by atoms with Crippen molar-refractivity contribution in [3.63, 3.8) is 0 Å². The maximum atomic E-state index is 12.7. The van der Waals surface area contributed by atoms with Gasteiger partial charge >= 0.3 is 0 Å². The lowest BCUT2D eigenvalue weighted by Gasteiger charge is -2.21. The molecule has 2 fully saturated rings. The Kier molecular flexibility index (Phi) is 8.35. The van der Waals surface area contributed by atoms with Gasteiger partial charge in [-0.05, 0) is 38.3 Å². The largest absolute Gasteiger partial charge is 0.357 e. The third-order valence-corrected chi connectivity index (χ3v) is 5.94. The molecule has 8 heteroatoms. The molecular weight excluding hydrogens is 491 g/mol. The summed E-state index contributed by atoms with van der Waals surface area (Å²) in [5.41, 5.74) is 2.01. The second kappa shape index (κ2) is 11.0. The average molecular weight is 524 g/mol. The molecule has 1 unspecified atom stereocenters. The molecule has 7 nitrogen and oxygen atoms in total. The predicted octanol–water partition coefficient (Wildman–Crippen LogP) is 2.84. The van der Waals surface area contributed by atoms with Crippen molar-refractivity contribution in [2.45, 2.75) is 51.5 Å². The van der Waals surface area contributed by atoms with E-state index in [0.29, 0.717) is 12.5 Å².